The smallest absolute Gasteiger partial charge is 0.123 e. The highest BCUT2D eigenvalue weighted by molar-refractivity contribution is 5.36. The highest BCUT2D eigenvalue weighted by Crippen LogP contribution is 2.19. The van der Waals surface area contributed by atoms with Crippen LogP contribution in [0.3, 0.4) is 0 Å². The van der Waals surface area contributed by atoms with Gasteiger partial charge in [-0.2, -0.15) is 0 Å². The minimum Gasteiger partial charge on any atom is -0.491 e. The highest BCUT2D eigenvalue weighted by atomic mass is 16.5. The van der Waals surface area contributed by atoms with Crippen LogP contribution in [-0.4, -0.2) is 19.8 Å². The lowest BCUT2D eigenvalue weighted by atomic mass is 10.1. The number of benzene rings is 1. The molecule has 1 rings (SSSR count). The molecule has 0 aliphatic heterocycles. The van der Waals surface area contributed by atoms with Crippen molar-refractivity contribution in [3.63, 3.8) is 0 Å². The van der Waals surface area contributed by atoms with Gasteiger partial charge >= 0.3 is 0 Å². The molecule has 0 bridgehead atoms. The lowest BCUT2D eigenvalue weighted by molar-refractivity contribution is 0.0816. The van der Waals surface area contributed by atoms with Gasteiger partial charge in [0.15, 0.2) is 0 Å². The molecular weight excluding hydrogens is 214 g/mol. The summed E-state index contributed by atoms with van der Waals surface area (Å²) in [6, 6.07) is 6.06. The van der Waals surface area contributed by atoms with E-state index in [9.17, 15) is 0 Å². The molecule has 0 saturated heterocycles. The first-order valence-electron chi connectivity index (χ1n) is 6.13. The number of ether oxygens (including phenoxy) is 2. The van der Waals surface area contributed by atoms with Crippen LogP contribution in [0.4, 0.5) is 0 Å². The van der Waals surface area contributed by atoms with Crippen molar-refractivity contribution in [2.45, 2.75) is 27.3 Å². The first-order valence-corrected chi connectivity index (χ1v) is 6.13. The quantitative estimate of drug-likeness (QED) is 0.741. The summed E-state index contributed by atoms with van der Waals surface area (Å²) in [7, 11) is 0. The summed E-state index contributed by atoms with van der Waals surface area (Å²) < 4.78 is 11.1. The predicted octanol–water partition coefficient (Wildman–Crippen LogP) is 2.51. The van der Waals surface area contributed by atoms with Gasteiger partial charge in [-0.3, -0.25) is 0 Å². The van der Waals surface area contributed by atoms with E-state index in [2.05, 4.69) is 26.8 Å². The third kappa shape index (κ3) is 5.20. The Bertz CT molecular complexity index is 337. The Morgan fingerprint density at radius 1 is 1.24 bits per heavy atom. The highest BCUT2D eigenvalue weighted by Gasteiger charge is 2.02. The molecule has 3 nitrogen and oxygen atoms in total. The second-order valence-electron chi connectivity index (χ2n) is 4.63. The molecule has 3 heteroatoms. The van der Waals surface area contributed by atoms with E-state index in [-0.39, 0.29) is 0 Å². The van der Waals surface area contributed by atoms with Crippen molar-refractivity contribution >= 4 is 0 Å². The van der Waals surface area contributed by atoms with Crippen molar-refractivity contribution in [3.05, 3.63) is 29.3 Å². The molecule has 0 aliphatic rings. The van der Waals surface area contributed by atoms with Gasteiger partial charge in [0, 0.05) is 18.7 Å². The van der Waals surface area contributed by atoms with Crippen molar-refractivity contribution in [2.24, 2.45) is 11.7 Å². The zero-order chi connectivity index (χ0) is 12.7. The van der Waals surface area contributed by atoms with Gasteiger partial charge in [0.1, 0.15) is 12.4 Å². The fourth-order valence-corrected chi connectivity index (χ4v) is 1.54. The van der Waals surface area contributed by atoms with Crippen LogP contribution in [0.25, 0.3) is 0 Å². The second-order valence-corrected chi connectivity index (χ2v) is 4.63. The Balaban J connectivity index is 2.36. The molecule has 17 heavy (non-hydrogen) atoms. The van der Waals surface area contributed by atoms with E-state index in [4.69, 9.17) is 15.2 Å². The third-order valence-corrected chi connectivity index (χ3v) is 2.37. The standard InChI is InChI=1S/C14H23NO2/c1-11(2)10-16-6-7-17-14-5-4-12(3)8-13(14)9-15/h4-5,8,11H,6-7,9-10,15H2,1-3H3. The van der Waals surface area contributed by atoms with E-state index < -0.39 is 0 Å². The van der Waals surface area contributed by atoms with Gasteiger partial charge in [-0.25, -0.2) is 0 Å². The zero-order valence-corrected chi connectivity index (χ0v) is 11.0. The van der Waals surface area contributed by atoms with E-state index in [0.29, 0.717) is 25.7 Å². The monoisotopic (exact) mass is 237 g/mol. The van der Waals surface area contributed by atoms with Gasteiger partial charge in [-0.1, -0.05) is 31.5 Å². The van der Waals surface area contributed by atoms with Crippen LogP contribution in [-0.2, 0) is 11.3 Å². The van der Waals surface area contributed by atoms with Crippen LogP contribution in [0.2, 0.25) is 0 Å². The lowest BCUT2D eigenvalue weighted by Crippen LogP contribution is -2.11. The van der Waals surface area contributed by atoms with Crippen LogP contribution in [0, 0.1) is 12.8 Å². The Kier molecular flexibility index (Phi) is 6.01. The summed E-state index contributed by atoms with van der Waals surface area (Å²) in [5.74, 6) is 1.43. The van der Waals surface area contributed by atoms with Crippen molar-refractivity contribution in [2.75, 3.05) is 19.8 Å². The molecule has 0 aromatic heterocycles. The molecule has 1 aromatic carbocycles. The zero-order valence-electron chi connectivity index (χ0n) is 11.0. The second kappa shape index (κ2) is 7.30. The van der Waals surface area contributed by atoms with Gasteiger partial charge in [-0.15, -0.1) is 0 Å². The minimum atomic E-state index is 0.504. The molecule has 0 aliphatic carbocycles. The minimum absolute atomic E-state index is 0.504. The Labute approximate surface area is 104 Å². The van der Waals surface area contributed by atoms with Crippen LogP contribution < -0.4 is 10.5 Å². The van der Waals surface area contributed by atoms with Crippen LogP contribution in [0.15, 0.2) is 18.2 Å². The van der Waals surface area contributed by atoms with Gasteiger partial charge in [0.2, 0.25) is 0 Å². The molecule has 0 atom stereocenters. The maximum atomic E-state index is 5.68. The SMILES string of the molecule is Cc1ccc(OCCOCC(C)C)c(CN)c1. The van der Waals surface area contributed by atoms with Crippen LogP contribution in [0.1, 0.15) is 25.0 Å². The molecule has 96 valence electrons. The molecule has 0 unspecified atom stereocenters. The number of hydrogen-bond acceptors (Lipinski definition) is 3. The first-order chi connectivity index (χ1) is 8.13. The molecular formula is C14H23NO2. The normalized spacial score (nSPS) is 10.9. The van der Waals surface area contributed by atoms with Gasteiger partial charge in [-0.05, 0) is 18.9 Å². The molecule has 0 amide bonds. The van der Waals surface area contributed by atoms with Gasteiger partial charge in [0.25, 0.3) is 0 Å². The average Bonchev–Trinajstić information content (AvgIpc) is 2.29. The summed E-state index contributed by atoms with van der Waals surface area (Å²) in [4.78, 5) is 0. The van der Waals surface area contributed by atoms with Gasteiger partial charge < -0.3 is 15.2 Å². The van der Waals surface area contributed by atoms with Gasteiger partial charge in [0.05, 0.1) is 6.61 Å². The average molecular weight is 237 g/mol. The maximum absolute atomic E-state index is 5.68. The largest absolute Gasteiger partial charge is 0.491 e. The molecule has 0 spiro atoms. The molecule has 0 heterocycles. The summed E-state index contributed by atoms with van der Waals surface area (Å²) in [5, 5.41) is 0. The molecule has 0 saturated carbocycles. The summed E-state index contributed by atoms with van der Waals surface area (Å²) in [6.45, 7) is 8.79. The maximum Gasteiger partial charge on any atom is 0.123 e. The van der Waals surface area contributed by atoms with E-state index in [1.54, 1.807) is 0 Å². The summed E-state index contributed by atoms with van der Waals surface area (Å²) in [5.41, 5.74) is 7.93. The predicted molar refractivity (Wildman–Crippen MR) is 70.2 cm³/mol. The van der Waals surface area contributed by atoms with Crippen molar-refractivity contribution in [1.82, 2.24) is 0 Å². The Morgan fingerprint density at radius 2 is 2.00 bits per heavy atom. The summed E-state index contributed by atoms with van der Waals surface area (Å²) >= 11 is 0. The Hall–Kier alpha value is -1.06. The molecule has 1 aromatic rings. The number of rotatable bonds is 7. The first kappa shape index (κ1) is 14.0. The van der Waals surface area contributed by atoms with E-state index in [0.717, 1.165) is 17.9 Å². The topological polar surface area (TPSA) is 44.5 Å². The van der Waals surface area contributed by atoms with Crippen LogP contribution >= 0.6 is 0 Å². The van der Waals surface area contributed by atoms with E-state index in [1.807, 2.05) is 12.1 Å². The van der Waals surface area contributed by atoms with E-state index >= 15 is 0 Å². The van der Waals surface area contributed by atoms with Crippen LogP contribution in [0.5, 0.6) is 5.75 Å². The lowest BCUT2D eigenvalue weighted by Gasteiger charge is -2.12. The molecule has 0 fully saturated rings. The van der Waals surface area contributed by atoms with Crippen molar-refractivity contribution in [3.8, 4) is 5.75 Å². The van der Waals surface area contributed by atoms with Crippen molar-refractivity contribution in [1.29, 1.82) is 0 Å². The fraction of sp³-hybridized carbons (Fsp3) is 0.571. The molecule has 2 N–H and O–H groups in total. The third-order valence-electron chi connectivity index (χ3n) is 2.37. The van der Waals surface area contributed by atoms with Crippen molar-refractivity contribution < 1.29 is 9.47 Å². The number of nitrogens with two attached hydrogens (primary N) is 1. The summed E-state index contributed by atoms with van der Waals surface area (Å²) in [6.07, 6.45) is 0. The van der Waals surface area contributed by atoms with E-state index in [1.165, 1.54) is 5.56 Å². The Morgan fingerprint density at radius 3 is 2.65 bits per heavy atom. The number of aryl methyl sites for hydroxylation is 1. The molecule has 0 radical (unpaired) electrons. The number of hydrogen-bond donors (Lipinski definition) is 1. The fourth-order valence-electron chi connectivity index (χ4n) is 1.54.